The molecule has 0 N–H and O–H groups in total. The fourth-order valence-electron chi connectivity index (χ4n) is 3.38. The van der Waals surface area contributed by atoms with Gasteiger partial charge in [0.2, 0.25) is 0 Å². The molecule has 0 unspecified atom stereocenters. The summed E-state index contributed by atoms with van der Waals surface area (Å²) in [6, 6.07) is 17.4. The van der Waals surface area contributed by atoms with Crippen LogP contribution in [0.3, 0.4) is 0 Å². The molecule has 25 heavy (non-hydrogen) atoms. The van der Waals surface area contributed by atoms with Crippen molar-refractivity contribution in [2.24, 2.45) is 0 Å². The van der Waals surface area contributed by atoms with Gasteiger partial charge in [-0.2, -0.15) is 0 Å². The molecule has 0 saturated heterocycles. The van der Waals surface area contributed by atoms with Crippen molar-refractivity contribution in [3.63, 3.8) is 0 Å². The van der Waals surface area contributed by atoms with Gasteiger partial charge < -0.3 is 9.80 Å². The fraction of sp³-hybridized carbons (Fsp3) is 0.190. The van der Waals surface area contributed by atoms with E-state index in [4.69, 9.17) is 0 Å². The molecule has 2 heterocycles. The van der Waals surface area contributed by atoms with E-state index in [1.165, 1.54) is 11.6 Å². The van der Waals surface area contributed by atoms with Gasteiger partial charge in [-0.15, -0.1) is 0 Å². The van der Waals surface area contributed by atoms with Crippen LogP contribution >= 0.6 is 0 Å². The number of hydrogen-bond acceptors (Lipinski definition) is 3. The van der Waals surface area contributed by atoms with Gasteiger partial charge in [0.15, 0.2) is 0 Å². The van der Waals surface area contributed by atoms with E-state index in [0.717, 1.165) is 36.4 Å². The van der Waals surface area contributed by atoms with Gasteiger partial charge >= 0.3 is 0 Å². The van der Waals surface area contributed by atoms with Crippen LogP contribution in [-0.2, 0) is 6.54 Å². The van der Waals surface area contributed by atoms with Gasteiger partial charge in [-0.3, -0.25) is 4.98 Å². The number of nitrogens with zero attached hydrogens (tertiary/aromatic N) is 3. The van der Waals surface area contributed by atoms with Gasteiger partial charge in [0.05, 0.1) is 5.69 Å². The molecule has 0 atom stereocenters. The zero-order valence-corrected chi connectivity index (χ0v) is 14.2. The monoisotopic (exact) mass is 333 g/mol. The highest BCUT2D eigenvalue weighted by Gasteiger charge is 2.21. The highest BCUT2D eigenvalue weighted by atomic mass is 19.1. The molecule has 0 saturated carbocycles. The average Bonchev–Trinajstić information content (AvgIpc) is 2.80. The molecule has 4 heteroatoms. The average molecular weight is 333 g/mol. The summed E-state index contributed by atoms with van der Waals surface area (Å²) in [5.74, 6) is -0.184. The third-order valence-electron chi connectivity index (χ3n) is 4.67. The van der Waals surface area contributed by atoms with Crippen molar-refractivity contribution >= 4 is 11.4 Å². The van der Waals surface area contributed by atoms with Gasteiger partial charge in [0, 0.05) is 37.7 Å². The summed E-state index contributed by atoms with van der Waals surface area (Å²) in [5.41, 5.74) is 5.22. The Morgan fingerprint density at radius 2 is 1.68 bits per heavy atom. The Morgan fingerprint density at radius 1 is 0.880 bits per heavy atom. The summed E-state index contributed by atoms with van der Waals surface area (Å²) in [6.07, 6.45) is 3.61. The van der Waals surface area contributed by atoms with Crippen molar-refractivity contribution in [3.05, 3.63) is 78.4 Å². The number of rotatable bonds is 2. The molecule has 0 fully saturated rings. The minimum absolute atomic E-state index is 0.184. The third-order valence-corrected chi connectivity index (χ3v) is 4.67. The molecule has 0 radical (unpaired) electrons. The Hall–Kier alpha value is -2.72. The first-order valence-corrected chi connectivity index (χ1v) is 8.46. The van der Waals surface area contributed by atoms with Crippen LogP contribution in [0.2, 0.25) is 0 Å². The van der Waals surface area contributed by atoms with Crippen LogP contribution in [0.4, 0.5) is 15.8 Å². The highest BCUT2D eigenvalue weighted by molar-refractivity contribution is 5.73. The quantitative estimate of drug-likeness (QED) is 0.690. The maximum absolute atomic E-state index is 14.4. The molecule has 2 aromatic carbocycles. The predicted octanol–water partition coefficient (Wildman–Crippen LogP) is 4.47. The van der Waals surface area contributed by atoms with Crippen LogP contribution in [0.1, 0.15) is 5.56 Å². The van der Waals surface area contributed by atoms with Crippen molar-refractivity contribution in [2.45, 2.75) is 6.54 Å². The van der Waals surface area contributed by atoms with Crippen molar-refractivity contribution in [2.75, 3.05) is 25.0 Å². The number of pyridine rings is 1. The molecule has 3 aromatic rings. The van der Waals surface area contributed by atoms with E-state index >= 15 is 0 Å². The molecule has 1 aliphatic heterocycles. The number of halogens is 1. The Bertz CT molecular complexity index is 879. The fourth-order valence-corrected chi connectivity index (χ4v) is 3.38. The molecule has 0 bridgehead atoms. The van der Waals surface area contributed by atoms with Gasteiger partial charge in [-0.05, 0) is 60.1 Å². The highest BCUT2D eigenvalue weighted by Crippen LogP contribution is 2.35. The van der Waals surface area contributed by atoms with E-state index in [1.807, 2.05) is 24.3 Å². The van der Waals surface area contributed by atoms with Gasteiger partial charge in [0.25, 0.3) is 0 Å². The summed E-state index contributed by atoms with van der Waals surface area (Å²) < 4.78 is 14.4. The van der Waals surface area contributed by atoms with Crippen molar-refractivity contribution in [1.29, 1.82) is 0 Å². The largest absolute Gasteiger partial charge is 0.338 e. The number of fused-ring (bicyclic) bond motifs is 1. The summed E-state index contributed by atoms with van der Waals surface area (Å²) in [6.45, 7) is 2.49. The Labute approximate surface area is 147 Å². The summed E-state index contributed by atoms with van der Waals surface area (Å²) in [4.78, 5) is 8.45. The summed E-state index contributed by atoms with van der Waals surface area (Å²) in [7, 11) is 2.10. The van der Waals surface area contributed by atoms with Crippen LogP contribution in [0.15, 0.2) is 67.0 Å². The van der Waals surface area contributed by atoms with Gasteiger partial charge in [-0.25, -0.2) is 4.39 Å². The molecule has 0 aliphatic carbocycles. The number of anilines is 2. The van der Waals surface area contributed by atoms with Crippen LogP contribution in [0.5, 0.6) is 0 Å². The van der Waals surface area contributed by atoms with Gasteiger partial charge in [0.1, 0.15) is 5.82 Å². The Balaban J connectivity index is 1.81. The van der Waals surface area contributed by atoms with Crippen LogP contribution in [-0.4, -0.2) is 30.0 Å². The summed E-state index contributed by atoms with van der Waals surface area (Å²) >= 11 is 0. The lowest BCUT2D eigenvalue weighted by Gasteiger charge is -2.25. The maximum Gasteiger partial charge on any atom is 0.146 e. The first-order chi connectivity index (χ1) is 12.2. The molecule has 0 spiro atoms. The molecule has 4 rings (SSSR count). The first-order valence-electron chi connectivity index (χ1n) is 8.46. The van der Waals surface area contributed by atoms with E-state index in [0.29, 0.717) is 5.69 Å². The molecule has 0 amide bonds. The lowest BCUT2D eigenvalue weighted by Crippen LogP contribution is -2.26. The summed E-state index contributed by atoms with van der Waals surface area (Å²) in [5, 5.41) is 0. The maximum atomic E-state index is 14.4. The lowest BCUT2D eigenvalue weighted by molar-refractivity contribution is 0.343. The standard InChI is InChI=1S/C21H20FN3/c1-24-12-13-25(21-5-3-2-4-19(21)22)20-7-6-17(14-18(20)15-24)16-8-10-23-11-9-16/h2-11,14H,12-13,15H2,1H3. The second-order valence-electron chi connectivity index (χ2n) is 6.42. The van der Waals surface area contributed by atoms with Crippen molar-refractivity contribution < 1.29 is 4.39 Å². The normalized spacial score (nSPS) is 14.9. The minimum Gasteiger partial charge on any atom is -0.338 e. The Morgan fingerprint density at radius 3 is 2.48 bits per heavy atom. The SMILES string of the molecule is CN1CCN(c2ccccc2F)c2ccc(-c3ccncc3)cc2C1. The van der Waals surface area contributed by atoms with Crippen LogP contribution < -0.4 is 4.90 Å². The van der Waals surface area contributed by atoms with E-state index < -0.39 is 0 Å². The predicted molar refractivity (Wildman–Crippen MR) is 99.4 cm³/mol. The van der Waals surface area contributed by atoms with Crippen molar-refractivity contribution in [1.82, 2.24) is 9.88 Å². The number of hydrogen-bond donors (Lipinski definition) is 0. The lowest BCUT2D eigenvalue weighted by atomic mass is 10.0. The molecule has 126 valence electrons. The smallest absolute Gasteiger partial charge is 0.146 e. The zero-order chi connectivity index (χ0) is 17.2. The zero-order valence-electron chi connectivity index (χ0n) is 14.2. The van der Waals surface area contributed by atoms with Crippen molar-refractivity contribution in [3.8, 4) is 11.1 Å². The van der Waals surface area contributed by atoms with E-state index in [9.17, 15) is 4.39 Å². The second kappa shape index (κ2) is 6.65. The van der Waals surface area contributed by atoms with Crippen LogP contribution in [0.25, 0.3) is 11.1 Å². The second-order valence-corrected chi connectivity index (χ2v) is 6.42. The molecule has 3 nitrogen and oxygen atoms in total. The minimum atomic E-state index is -0.184. The Kier molecular flexibility index (Phi) is 4.20. The topological polar surface area (TPSA) is 19.4 Å². The molecule has 1 aromatic heterocycles. The van der Waals surface area contributed by atoms with E-state index in [-0.39, 0.29) is 5.82 Å². The van der Waals surface area contributed by atoms with E-state index in [1.54, 1.807) is 18.5 Å². The molecular formula is C21H20FN3. The number of likely N-dealkylation sites (N-methyl/N-ethyl adjacent to an activating group) is 1. The first kappa shape index (κ1) is 15.8. The number of aromatic nitrogens is 1. The van der Waals surface area contributed by atoms with E-state index in [2.05, 4.69) is 40.0 Å². The van der Waals surface area contributed by atoms with Crippen LogP contribution in [0, 0.1) is 5.82 Å². The number of para-hydroxylation sites is 1. The molecular weight excluding hydrogens is 313 g/mol. The van der Waals surface area contributed by atoms with Gasteiger partial charge in [-0.1, -0.05) is 18.2 Å². The molecule has 1 aliphatic rings. The number of benzene rings is 2. The third kappa shape index (κ3) is 3.13.